The van der Waals surface area contributed by atoms with E-state index < -0.39 is 7.82 Å². The van der Waals surface area contributed by atoms with E-state index in [1.807, 2.05) is 55.6 Å². The Morgan fingerprint density at radius 1 is 0.941 bits per heavy atom. The summed E-state index contributed by atoms with van der Waals surface area (Å²) in [4.78, 5) is 13.7. The number of aromatic nitrogens is 1. The molecule has 0 aliphatic carbocycles. The van der Waals surface area contributed by atoms with Crippen LogP contribution in [0.15, 0.2) is 79.0 Å². The molecule has 2 N–H and O–H groups in total. The van der Waals surface area contributed by atoms with Crippen LogP contribution in [0.2, 0.25) is 0 Å². The molecule has 3 aromatic carbocycles. The molecule has 0 amide bonds. The number of H-pyrrole nitrogens is 1. The maximum Gasteiger partial charge on any atom is 0.527 e. The predicted molar refractivity (Wildman–Crippen MR) is 136 cm³/mol. The van der Waals surface area contributed by atoms with Gasteiger partial charge in [-0.1, -0.05) is 66.7 Å². The Morgan fingerprint density at radius 3 is 2.26 bits per heavy atom. The number of likely N-dealkylation sites (N-methyl/N-ethyl adjacent to an activating group) is 1. The lowest BCUT2D eigenvalue weighted by atomic mass is 10.1. The third-order valence-electron chi connectivity index (χ3n) is 5.98. The van der Waals surface area contributed by atoms with Gasteiger partial charge in [0.1, 0.15) is 12.3 Å². The summed E-state index contributed by atoms with van der Waals surface area (Å²) in [6.45, 7) is 3.82. The molecule has 1 aromatic heterocycles. The van der Waals surface area contributed by atoms with Crippen LogP contribution in [0.1, 0.15) is 22.3 Å². The lowest BCUT2D eigenvalue weighted by molar-refractivity contribution is -0.903. The lowest BCUT2D eigenvalue weighted by Crippen LogP contribution is -2.40. The molecule has 4 rings (SSSR count). The molecule has 7 heteroatoms. The van der Waals surface area contributed by atoms with Gasteiger partial charge in [0.2, 0.25) is 0 Å². The molecule has 1 unspecified atom stereocenters. The van der Waals surface area contributed by atoms with Crippen molar-refractivity contribution < 1.29 is 23.0 Å². The first kappa shape index (κ1) is 24.2. The van der Waals surface area contributed by atoms with E-state index in [4.69, 9.17) is 9.05 Å². The zero-order chi connectivity index (χ0) is 24.2. The summed E-state index contributed by atoms with van der Waals surface area (Å²) in [5.41, 5.74) is 5.10. The predicted octanol–water partition coefficient (Wildman–Crippen LogP) is 5.99. The average Bonchev–Trinajstić information content (AvgIpc) is 3.25. The zero-order valence-electron chi connectivity index (χ0n) is 19.9. The molecule has 0 bridgehead atoms. The zero-order valence-corrected chi connectivity index (χ0v) is 20.8. The van der Waals surface area contributed by atoms with Gasteiger partial charge in [0.05, 0.1) is 32.8 Å². The maximum atomic E-state index is 12.7. The van der Waals surface area contributed by atoms with E-state index in [-0.39, 0.29) is 6.61 Å². The second kappa shape index (κ2) is 10.2. The van der Waals surface area contributed by atoms with Crippen LogP contribution >= 0.6 is 7.82 Å². The van der Waals surface area contributed by atoms with Gasteiger partial charge in [-0.3, -0.25) is 9.42 Å². The third-order valence-corrected chi connectivity index (χ3v) is 6.86. The minimum absolute atomic E-state index is 0.00519. The molecule has 178 valence electrons. The molecule has 0 saturated carbocycles. The van der Waals surface area contributed by atoms with E-state index >= 15 is 0 Å². The number of rotatable bonds is 10. The summed E-state index contributed by atoms with van der Waals surface area (Å²) in [6, 6.07) is 23.3. The Bertz CT molecular complexity index is 1290. The molecule has 4 aromatic rings. The fraction of sp³-hybridized carbons (Fsp3) is 0.259. The van der Waals surface area contributed by atoms with Crippen LogP contribution in [0, 0.1) is 6.92 Å². The second-order valence-electron chi connectivity index (χ2n) is 9.32. The number of benzene rings is 3. The number of aromatic amines is 1. The van der Waals surface area contributed by atoms with E-state index in [1.165, 1.54) is 5.56 Å². The molecule has 34 heavy (non-hydrogen) atoms. The Labute approximate surface area is 201 Å². The van der Waals surface area contributed by atoms with Crippen molar-refractivity contribution in [2.45, 2.75) is 26.5 Å². The highest BCUT2D eigenvalue weighted by atomic mass is 31.2. The van der Waals surface area contributed by atoms with E-state index in [2.05, 4.69) is 43.3 Å². The fourth-order valence-electron chi connectivity index (χ4n) is 4.16. The molecule has 6 nitrogen and oxygen atoms in total. The standard InChI is InChI=1S/C27H31N2O4P/c1-21-14-15-25(33-34(30,31)32-20-23-12-8-5-9-13-23)26-24(18-28-27(21)26)16-17-29(2,3)19-22-10-6-4-7-11-22/h4-15,18,28H,16-17,19-20H2,1-3H3/p+1. The van der Waals surface area contributed by atoms with Crippen LogP contribution in [-0.4, -0.2) is 35.0 Å². The molecule has 0 fully saturated rings. The summed E-state index contributed by atoms with van der Waals surface area (Å²) in [5.74, 6) is 0.351. The largest absolute Gasteiger partial charge is 0.527 e. The molecule has 0 aliphatic heterocycles. The number of phosphoric ester groups is 1. The minimum atomic E-state index is -4.31. The van der Waals surface area contributed by atoms with Crippen LogP contribution in [0.4, 0.5) is 0 Å². The van der Waals surface area contributed by atoms with E-state index in [0.717, 1.165) is 51.6 Å². The highest BCUT2D eigenvalue weighted by molar-refractivity contribution is 7.47. The van der Waals surface area contributed by atoms with Gasteiger partial charge in [0.15, 0.2) is 0 Å². The maximum absolute atomic E-state index is 12.7. The highest BCUT2D eigenvalue weighted by Crippen LogP contribution is 2.47. The summed E-state index contributed by atoms with van der Waals surface area (Å²) in [7, 11) is 0.114. The number of hydrogen-bond donors (Lipinski definition) is 2. The van der Waals surface area contributed by atoms with Crippen LogP contribution in [0.5, 0.6) is 5.75 Å². The van der Waals surface area contributed by atoms with Crippen LogP contribution in [-0.2, 0) is 28.7 Å². The second-order valence-corrected chi connectivity index (χ2v) is 10.7. The van der Waals surface area contributed by atoms with Gasteiger partial charge in [-0.05, 0) is 29.7 Å². The smallest absolute Gasteiger partial charge is 0.403 e. The topological polar surface area (TPSA) is 71.6 Å². The lowest BCUT2D eigenvalue weighted by Gasteiger charge is -2.30. The number of nitrogens with one attached hydrogen (secondary N) is 1. The normalized spacial score (nSPS) is 13.6. The van der Waals surface area contributed by atoms with Crippen LogP contribution in [0.3, 0.4) is 0 Å². The van der Waals surface area contributed by atoms with Crippen LogP contribution < -0.4 is 4.52 Å². The van der Waals surface area contributed by atoms with Crippen molar-refractivity contribution in [3.8, 4) is 5.75 Å². The SMILES string of the molecule is Cc1ccc(OP(=O)(O)OCc2ccccc2)c2c(CC[N+](C)(C)Cc3ccccc3)c[nH]c12. The molecule has 0 aliphatic rings. The van der Waals surface area contributed by atoms with Gasteiger partial charge in [0, 0.05) is 23.6 Å². The molecule has 0 saturated heterocycles. The van der Waals surface area contributed by atoms with Gasteiger partial charge < -0.3 is 14.0 Å². The Hall–Kier alpha value is -2.89. The van der Waals surface area contributed by atoms with Crippen LogP contribution in [0.25, 0.3) is 10.9 Å². The van der Waals surface area contributed by atoms with Crippen molar-refractivity contribution in [2.24, 2.45) is 0 Å². The van der Waals surface area contributed by atoms with Gasteiger partial charge in [0.25, 0.3) is 0 Å². The van der Waals surface area contributed by atoms with E-state index in [0.29, 0.717) is 5.75 Å². The Morgan fingerprint density at radius 2 is 1.59 bits per heavy atom. The first-order valence-electron chi connectivity index (χ1n) is 11.4. The summed E-state index contributed by atoms with van der Waals surface area (Å²) in [5, 5.41) is 0.831. The fourth-order valence-corrected chi connectivity index (χ4v) is 4.92. The average molecular weight is 480 g/mol. The van der Waals surface area contributed by atoms with Gasteiger partial charge >= 0.3 is 7.82 Å². The van der Waals surface area contributed by atoms with Crippen molar-refractivity contribution in [1.29, 1.82) is 0 Å². The molecule has 0 radical (unpaired) electrons. The summed E-state index contributed by atoms with van der Waals surface area (Å²) < 4.78 is 24.4. The van der Waals surface area contributed by atoms with E-state index in [1.54, 1.807) is 6.07 Å². The molecule has 1 heterocycles. The molecular weight excluding hydrogens is 447 g/mol. The first-order valence-corrected chi connectivity index (χ1v) is 12.9. The van der Waals surface area contributed by atoms with E-state index in [9.17, 15) is 9.46 Å². The van der Waals surface area contributed by atoms with Crippen molar-refractivity contribution in [3.05, 3.63) is 101 Å². The van der Waals surface area contributed by atoms with Crippen molar-refractivity contribution >= 4 is 18.7 Å². The number of fused-ring (bicyclic) bond motifs is 1. The quantitative estimate of drug-likeness (QED) is 0.216. The Kier molecular flexibility index (Phi) is 7.24. The van der Waals surface area contributed by atoms with Gasteiger partial charge in [-0.25, -0.2) is 4.57 Å². The van der Waals surface area contributed by atoms with Crippen molar-refractivity contribution in [3.63, 3.8) is 0 Å². The number of phosphoric acid groups is 1. The summed E-state index contributed by atoms with van der Waals surface area (Å²) >= 11 is 0. The number of hydrogen-bond acceptors (Lipinski definition) is 3. The number of aryl methyl sites for hydroxylation is 1. The minimum Gasteiger partial charge on any atom is -0.403 e. The van der Waals surface area contributed by atoms with Crippen molar-refractivity contribution in [1.82, 2.24) is 4.98 Å². The molecule has 0 spiro atoms. The van der Waals surface area contributed by atoms with Crippen molar-refractivity contribution in [2.75, 3.05) is 20.6 Å². The number of quaternary nitrogens is 1. The first-order chi connectivity index (χ1) is 16.2. The highest BCUT2D eigenvalue weighted by Gasteiger charge is 2.26. The summed E-state index contributed by atoms with van der Waals surface area (Å²) in [6.07, 6.45) is 2.76. The monoisotopic (exact) mass is 479 g/mol. The van der Waals surface area contributed by atoms with Gasteiger partial charge in [-0.15, -0.1) is 0 Å². The third kappa shape index (κ3) is 6.16. The van der Waals surface area contributed by atoms with Gasteiger partial charge in [-0.2, -0.15) is 0 Å². The molecule has 1 atom stereocenters. The molecular formula is C27H32N2O4P+. The number of nitrogens with zero attached hydrogens (tertiary/aromatic N) is 1. The Balaban J connectivity index is 1.51.